The van der Waals surface area contributed by atoms with Gasteiger partial charge in [0.05, 0.1) is 27.8 Å². The molecular formula is C33H41B2NO4. The third-order valence-corrected chi connectivity index (χ3v) is 9.97. The molecular weight excluding hydrogens is 496 g/mol. The molecule has 0 spiro atoms. The van der Waals surface area contributed by atoms with Gasteiger partial charge in [0, 0.05) is 18.8 Å². The largest absolute Gasteiger partial charge is 0.494 e. The van der Waals surface area contributed by atoms with E-state index in [4.69, 9.17) is 18.6 Å². The van der Waals surface area contributed by atoms with Crippen LogP contribution in [0.3, 0.4) is 0 Å². The van der Waals surface area contributed by atoms with Gasteiger partial charge in [-0.05, 0) is 89.6 Å². The molecule has 5 nitrogen and oxygen atoms in total. The number of hydrogen-bond acceptors (Lipinski definition) is 5. The topological polar surface area (TPSA) is 40.2 Å². The summed E-state index contributed by atoms with van der Waals surface area (Å²) in [5.74, 6) is 0. The van der Waals surface area contributed by atoms with Gasteiger partial charge in [-0.2, -0.15) is 0 Å². The summed E-state index contributed by atoms with van der Waals surface area (Å²) >= 11 is 0. The van der Waals surface area contributed by atoms with E-state index in [1.54, 1.807) is 0 Å². The Morgan fingerprint density at radius 3 is 1.32 bits per heavy atom. The van der Waals surface area contributed by atoms with E-state index in [9.17, 15) is 0 Å². The van der Waals surface area contributed by atoms with Crippen LogP contribution in [0, 0.1) is 0 Å². The highest BCUT2D eigenvalue weighted by molar-refractivity contribution is 6.62. The highest BCUT2D eigenvalue weighted by atomic mass is 16.7. The summed E-state index contributed by atoms with van der Waals surface area (Å²) in [6, 6.07) is 28.2. The lowest BCUT2D eigenvalue weighted by Gasteiger charge is -2.52. The second-order valence-electron chi connectivity index (χ2n) is 13.7. The van der Waals surface area contributed by atoms with Gasteiger partial charge in [0.2, 0.25) is 0 Å². The van der Waals surface area contributed by atoms with Gasteiger partial charge in [0.1, 0.15) is 0 Å². The molecule has 6 rings (SSSR count). The van der Waals surface area contributed by atoms with Crippen LogP contribution in [0.2, 0.25) is 0 Å². The van der Waals surface area contributed by atoms with Gasteiger partial charge >= 0.3 is 14.2 Å². The lowest BCUT2D eigenvalue weighted by molar-refractivity contribution is 0.00578. The standard InChI is InChI=1S/C33H41B2NO4/c1-29(2)30(3,4)38-34(37-29)26-16-12-14-24(20-26)33(22-36(23-33)28-18-10-9-11-19-28)25-15-13-17-27(21-25)35-39-31(5,6)32(7,8)40-35/h9-21H,22-23H2,1-8H3. The van der Waals surface area contributed by atoms with Crippen LogP contribution in [0.4, 0.5) is 5.69 Å². The highest BCUT2D eigenvalue weighted by Gasteiger charge is 2.54. The number of anilines is 1. The number of rotatable bonds is 5. The molecule has 3 aromatic rings. The monoisotopic (exact) mass is 537 g/mol. The summed E-state index contributed by atoms with van der Waals surface area (Å²) in [5, 5.41) is 0. The van der Waals surface area contributed by atoms with Crippen molar-refractivity contribution in [1.82, 2.24) is 0 Å². The molecule has 7 heteroatoms. The quantitative estimate of drug-likeness (QED) is 0.425. The van der Waals surface area contributed by atoms with Crippen molar-refractivity contribution in [3.63, 3.8) is 0 Å². The molecule has 0 atom stereocenters. The van der Waals surface area contributed by atoms with E-state index < -0.39 is 14.2 Å². The molecule has 3 aliphatic rings. The molecule has 208 valence electrons. The minimum atomic E-state index is -0.400. The SMILES string of the molecule is CC1(C)OB(c2cccc(C3(c4cccc(B5OC(C)(C)C(C)(C)O5)c4)CN(c4ccccc4)C3)c2)OC1(C)C. The van der Waals surface area contributed by atoms with Gasteiger partial charge < -0.3 is 23.5 Å². The van der Waals surface area contributed by atoms with E-state index in [0.29, 0.717) is 0 Å². The molecule has 0 N–H and O–H groups in total. The predicted octanol–water partition coefficient (Wildman–Crippen LogP) is 5.09. The molecule has 3 fully saturated rings. The van der Waals surface area contributed by atoms with Crippen molar-refractivity contribution in [2.45, 2.75) is 83.2 Å². The van der Waals surface area contributed by atoms with Gasteiger partial charge in [0.15, 0.2) is 0 Å². The zero-order valence-corrected chi connectivity index (χ0v) is 25.2. The first kappa shape index (κ1) is 27.6. The van der Waals surface area contributed by atoms with E-state index in [1.807, 2.05) is 0 Å². The Labute approximate surface area is 240 Å². The molecule has 0 saturated carbocycles. The molecule has 3 heterocycles. The zero-order chi connectivity index (χ0) is 28.6. The maximum atomic E-state index is 6.43. The van der Waals surface area contributed by atoms with E-state index in [0.717, 1.165) is 24.0 Å². The summed E-state index contributed by atoms with van der Waals surface area (Å²) < 4.78 is 25.7. The normalized spacial score (nSPS) is 23.8. The van der Waals surface area contributed by atoms with Crippen LogP contribution in [-0.2, 0) is 24.0 Å². The fourth-order valence-corrected chi connectivity index (χ4v) is 5.88. The molecule has 40 heavy (non-hydrogen) atoms. The summed E-state index contributed by atoms with van der Waals surface area (Å²) in [7, 11) is -0.799. The highest BCUT2D eigenvalue weighted by Crippen LogP contribution is 2.44. The van der Waals surface area contributed by atoms with E-state index >= 15 is 0 Å². The summed E-state index contributed by atoms with van der Waals surface area (Å²) in [4.78, 5) is 2.45. The van der Waals surface area contributed by atoms with Crippen molar-refractivity contribution in [3.05, 3.63) is 90.0 Å². The molecule has 0 amide bonds. The lowest BCUT2D eigenvalue weighted by atomic mass is 9.65. The van der Waals surface area contributed by atoms with Crippen molar-refractivity contribution in [3.8, 4) is 0 Å². The average Bonchev–Trinajstić information content (AvgIpc) is 3.24. The third-order valence-electron chi connectivity index (χ3n) is 9.97. The average molecular weight is 537 g/mol. The first-order chi connectivity index (χ1) is 18.7. The van der Waals surface area contributed by atoms with E-state index in [2.05, 4.69) is 139 Å². The Hall–Kier alpha value is -2.57. The van der Waals surface area contributed by atoms with Crippen LogP contribution in [0.15, 0.2) is 78.9 Å². The van der Waals surface area contributed by atoms with Crippen molar-refractivity contribution < 1.29 is 18.6 Å². The van der Waals surface area contributed by atoms with Gasteiger partial charge in [-0.25, -0.2) is 0 Å². The number of benzene rings is 3. The van der Waals surface area contributed by atoms with Crippen LogP contribution < -0.4 is 15.8 Å². The fraction of sp³-hybridized carbons (Fsp3) is 0.455. The number of nitrogens with zero attached hydrogens (tertiary/aromatic N) is 1. The molecule has 3 aromatic carbocycles. The minimum Gasteiger partial charge on any atom is -0.399 e. The fourth-order valence-electron chi connectivity index (χ4n) is 5.88. The van der Waals surface area contributed by atoms with Crippen LogP contribution >= 0.6 is 0 Å². The third kappa shape index (κ3) is 4.42. The molecule has 0 unspecified atom stereocenters. The maximum Gasteiger partial charge on any atom is 0.494 e. The maximum absolute atomic E-state index is 6.43. The van der Waals surface area contributed by atoms with Crippen molar-refractivity contribution in [1.29, 1.82) is 0 Å². The van der Waals surface area contributed by atoms with Crippen molar-refractivity contribution >= 4 is 30.8 Å². The van der Waals surface area contributed by atoms with Gasteiger partial charge in [-0.1, -0.05) is 66.7 Å². The van der Waals surface area contributed by atoms with Crippen LogP contribution in [0.25, 0.3) is 0 Å². The van der Waals surface area contributed by atoms with Crippen molar-refractivity contribution in [2.75, 3.05) is 18.0 Å². The van der Waals surface area contributed by atoms with Crippen molar-refractivity contribution in [2.24, 2.45) is 0 Å². The lowest BCUT2D eigenvalue weighted by Crippen LogP contribution is -2.60. The van der Waals surface area contributed by atoms with Gasteiger partial charge in [-0.15, -0.1) is 0 Å². The summed E-state index contributed by atoms with van der Waals surface area (Å²) in [5.41, 5.74) is 4.12. The zero-order valence-electron chi connectivity index (χ0n) is 25.2. The Balaban J connectivity index is 1.38. The predicted molar refractivity (Wildman–Crippen MR) is 164 cm³/mol. The Morgan fingerprint density at radius 1 is 0.525 bits per heavy atom. The van der Waals surface area contributed by atoms with Crippen LogP contribution in [-0.4, -0.2) is 49.7 Å². The van der Waals surface area contributed by atoms with Gasteiger partial charge in [-0.3, -0.25) is 0 Å². The van der Waals surface area contributed by atoms with Gasteiger partial charge in [0.25, 0.3) is 0 Å². The Morgan fingerprint density at radius 2 is 0.925 bits per heavy atom. The van der Waals surface area contributed by atoms with E-state index in [-0.39, 0.29) is 27.8 Å². The Bertz CT molecular complexity index is 1280. The molecule has 3 saturated heterocycles. The first-order valence-electron chi connectivity index (χ1n) is 14.5. The minimum absolute atomic E-state index is 0.199. The second-order valence-corrected chi connectivity index (χ2v) is 13.7. The molecule has 3 aliphatic heterocycles. The number of hydrogen-bond donors (Lipinski definition) is 0. The molecule has 0 aromatic heterocycles. The summed E-state index contributed by atoms with van der Waals surface area (Å²) in [6.45, 7) is 18.5. The smallest absolute Gasteiger partial charge is 0.399 e. The molecule has 0 radical (unpaired) electrons. The van der Waals surface area contributed by atoms with Crippen LogP contribution in [0.1, 0.15) is 66.5 Å². The van der Waals surface area contributed by atoms with E-state index in [1.165, 1.54) is 16.8 Å². The van der Waals surface area contributed by atoms with Crippen LogP contribution in [0.5, 0.6) is 0 Å². The first-order valence-corrected chi connectivity index (χ1v) is 14.5. The number of para-hydroxylation sites is 1. The summed E-state index contributed by atoms with van der Waals surface area (Å²) in [6.07, 6.45) is 0. The second kappa shape index (κ2) is 9.22. The Kier molecular flexibility index (Phi) is 6.36. The molecule has 0 aliphatic carbocycles. The molecule has 0 bridgehead atoms.